The molecule has 0 fully saturated rings. The maximum atomic E-state index is 13.2. The minimum Gasteiger partial charge on any atom is -0.310 e. The molecule has 0 spiro atoms. The Labute approximate surface area is 202 Å². The minimum atomic E-state index is -4.43. The minimum absolute atomic E-state index is 0.259. The first-order chi connectivity index (χ1) is 17.2. The van der Waals surface area contributed by atoms with Crippen LogP contribution in [0.1, 0.15) is 21.6 Å². The number of nitrogens with one attached hydrogen (secondary N) is 3. The van der Waals surface area contributed by atoms with Crippen molar-refractivity contribution in [3.05, 3.63) is 71.7 Å². The maximum absolute atomic E-state index is 13.2. The summed E-state index contributed by atoms with van der Waals surface area (Å²) in [4.78, 5) is 23.4. The van der Waals surface area contributed by atoms with Crippen LogP contribution in [0.2, 0.25) is 0 Å². The summed E-state index contributed by atoms with van der Waals surface area (Å²) in [7, 11) is 1.67. The summed E-state index contributed by atoms with van der Waals surface area (Å²) >= 11 is 0. The number of fused-ring (bicyclic) bond motifs is 1. The smallest absolute Gasteiger partial charge is 0.310 e. The van der Waals surface area contributed by atoms with Gasteiger partial charge in [-0.1, -0.05) is 0 Å². The van der Waals surface area contributed by atoms with Gasteiger partial charge in [-0.25, -0.2) is 15.5 Å². The molecule has 3 N–H and O–H groups in total. The highest BCUT2D eigenvalue weighted by atomic mass is 19.4. The number of anilines is 1. The normalized spacial score (nSPS) is 13.3. The molecule has 0 aliphatic carbocycles. The number of benzene rings is 2. The zero-order chi connectivity index (χ0) is 25.4. The van der Waals surface area contributed by atoms with Gasteiger partial charge in [-0.15, -0.1) is 10.6 Å². The zero-order valence-corrected chi connectivity index (χ0v) is 19.1. The quantitative estimate of drug-likeness (QED) is 0.390. The molecule has 0 unspecified atom stereocenters. The van der Waals surface area contributed by atoms with Crippen molar-refractivity contribution in [2.45, 2.75) is 19.6 Å². The number of hydrogen-bond donors (Lipinski definition) is 3. The van der Waals surface area contributed by atoms with Crippen LogP contribution in [0.25, 0.3) is 22.3 Å². The number of carbonyl (C=O) groups is 1. The Morgan fingerprint density at radius 1 is 1.14 bits per heavy atom. The molecule has 13 heteroatoms. The maximum Gasteiger partial charge on any atom is 0.416 e. The molecule has 4 aromatic rings. The van der Waals surface area contributed by atoms with E-state index < -0.39 is 11.7 Å². The molecular formula is C23H20F3N9O. The van der Waals surface area contributed by atoms with E-state index in [1.54, 1.807) is 31.4 Å². The van der Waals surface area contributed by atoms with Gasteiger partial charge < -0.3 is 4.90 Å². The Morgan fingerprint density at radius 2 is 1.97 bits per heavy atom. The summed E-state index contributed by atoms with van der Waals surface area (Å²) in [5, 5.41) is 8.51. The van der Waals surface area contributed by atoms with Crippen LogP contribution in [0.4, 0.5) is 18.9 Å². The van der Waals surface area contributed by atoms with Crippen molar-refractivity contribution in [3.63, 3.8) is 0 Å². The van der Waals surface area contributed by atoms with Crippen LogP contribution in [0, 0.1) is 6.92 Å². The Morgan fingerprint density at radius 3 is 2.69 bits per heavy atom. The number of hydrazone groups is 1. The number of carbonyl (C=O) groups excluding carboxylic acids is 1. The first-order valence-electron chi connectivity index (χ1n) is 10.8. The highest BCUT2D eigenvalue weighted by Gasteiger charge is 2.30. The summed E-state index contributed by atoms with van der Waals surface area (Å²) < 4.78 is 40.5. The first-order valence-corrected chi connectivity index (χ1v) is 10.8. The number of hydrogen-bond acceptors (Lipinski definition) is 8. The van der Waals surface area contributed by atoms with Crippen molar-refractivity contribution in [3.8, 4) is 11.4 Å². The predicted molar refractivity (Wildman–Crippen MR) is 127 cm³/mol. The summed E-state index contributed by atoms with van der Waals surface area (Å²) in [6.07, 6.45) is -1.51. The second-order valence-corrected chi connectivity index (χ2v) is 8.12. The summed E-state index contributed by atoms with van der Waals surface area (Å²) in [6, 6.07) is 10.4. The number of halogens is 3. The second-order valence-electron chi connectivity index (χ2n) is 8.12. The van der Waals surface area contributed by atoms with Gasteiger partial charge in [0.15, 0.2) is 11.7 Å². The van der Waals surface area contributed by atoms with Gasteiger partial charge in [0.2, 0.25) is 0 Å². The molecule has 36 heavy (non-hydrogen) atoms. The highest BCUT2D eigenvalue weighted by Crippen LogP contribution is 2.32. The average molecular weight is 495 g/mol. The molecule has 1 aliphatic rings. The van der Waals surface area contributed by atoms with Crippen LogP contribution in [0.3, 0.4) is 0 Å². The number of hydrazine groups is 2. The van der Waals surface area contributed by atoms with Crippen LogP contribution in [-0.4, -0.2) is 38.5 Å². The topological polar surface area (TPSA) is 112 Å². The third kappa shape index (κ3) is 4.43. The third-order valence-corrected chi connectivity index (χ3v) is 5.72. The molecule has 5 rings (SSSR count). The van der Waals surface area contributed by atoms with Gasteiger partial charge in [-0.3, -0.25) is 14.9 Å². The van der Waals surface area contributed by atoms with Crippen LogP contribution in [0.5, 0.6) is 0 Å². The van der Waals surface area contributed by atoms with Gasteiger partial charge in [-0.05, 0) is 55.0 Å². The van der Waals surface area contributed by atoms with E-state index in [4.69, 9.17) is 0 Å². The Bertz CT molecular complexity index is 1500. The van der Waals surface area contributed by atoms with Gasteiger partial charge in [0.05, 0.1) is 11.1 Å². The molecule has 0 bridgehead atoms. The molecule has 2 aromatic carbocycles. The molecule has 0 radical (unpaired) electrons. The zero-order valence-electron chi connectivity index (χ0n) is 19.1. The van der Waals surface area contributed by atoms with Crippen molar-refractivity contribution in [1.82, 2.24) is 36.2 Å². The lowest BCUT2D eigenvalue weighted by Crippen LogP contribution is -2.37. The Kier molecular flexibility index (Phi) is 5.76. The van der Waals surface area contributed by atoms with E-state index in [2.05, 4.69) is 36.7 Å². The van der Waals surface area contributed by atoms with Crippen molar-refractivity contribution in [1.29, 1.82) is 0 Å². The predicted octanol–water partition coefficient (Wildman–Crippen LogP) is 3.02. The van der Waals surface area contributed by atoms with Crippen LogP contribution < -0.4 is 21.4 Å². The summed E-state index contributed by atoms with van der Waals surface area (Å²) in [6.45, 7) is 2.12. The van der Waals surface area contributed by atoms with Crippen molar-refractivity contribution < 1.29 is 18.0 Å². The largest absolute Gasteiger partial charge is 0.416 e. The lowest BCUT2D eigenvalue weighted by molar-refractivity contribution is -0.137. The molecule has 3 heterocycles. The van der Waals surface area contributed by atoms with Crippen molar-refractivity contribution >= 4 is 28.3 Å². The highest BCUT2D eigenvalue weighted by molar-refractivity contribution is 6.05. The van der Waals surface area contributed by atoms with Gasteiger partial charge in [0, 0.05) is 36.1 Å². The van der Waals surface area contributed by atoms with Gasteiger partial charge in [0.1, 0.15) is 12.2 Å². The fourth-order valence-electron chi connectivity index (χ4n) is 3.88. The summed E-state index contributed by atoms with van der Waals surface area (Å²) in [5.41, 5.74) is 10.2. The van der Waals surface area contributed by atoms with E-state index >= 15 is 0 Å². The van der Waals surface area contributed by atoms with E-state index in [1.807, 2.05) is 13.0 Å². The summed E-state index contributed by atoms with van der Waals surface area (Å²) in [5.74, 6) is 0.683. The van der Waals surface area contributed by atoms with Gasteiger partial charge in [0.25, 0.3) is 5.91 Å². The van der Waals surface area contributed by atoms with Crippen molar-refractivity contribution in [2.24, 2.45) is 5.10 Å². The molecule has 2 aromatic heterocycles. The lowest BCUT2D eigenvalue weighted by atomic mass is 10.1. The lowest BCUT2D eigenvalue weighted by Gasteiger charge is -2.20. The molecule has 1 amide bonds. The van der Waals surface area contributed by atoms with Crippen LogP contribution in [0.15, 0.2) is 60.0 Å². The number of alkyl halides is 3. The number of aromatic nitrogens is 4. The monoisotopic (exact) mass is 495 g/mol. The average Bonchev–Trinajstić information content (AvgIpc) is 3.54. The second kappa shape index (κ2) is 8.92. The Balaban J connectivity index is 1.39. The first kappa shape index (κ1) is 23.2. The molecule has 1 aliphatic heterocycles. The van der Waals surface area contributed by atoms with Crippen molar-refractivity contribution in [2.75, 3.05) is 11.9 Å². The fourth-order valence-corrected chi connectivity index (χ4v) is 3.88. The SMILES string of the molecule is Cc1cc(-c2ncc3cc(C(F)(F)F)ccc3n2)ccc1N(C)C(=O)c1ccnn1CC1=NNNN1. The number of aryl methyl sites for hydroxylation is 1. The van der Waals surface area contributed by atoms with E-state index in [9.17, 15) is 18.0 Å². The van der Waals surface area contributed by atoms with E-state index in [0.717, 1.165) is 17.7 Å². The Hall–Kier alpha value is -4.52. The molecule has 0 atom stereocenters. The van der Waals surface area contributed by atoms with Gasteiger partial charge in [-0.2, -0.15) is 18.3 Å². The van der Waals surface area contributed by atoms with E-state index in [1.165, 1.54) is 21.8 Å². The fraction of sp³-hybridized carbons (Fsp3) is 0.174. The molecule has 0 saturated heterocycles. The van der Waals surface area contributed by atoms with E-state index in [0.29, 0.717) is 39.5 Å². The molecular weight excluding hydrogens is 475 g/mol. The number of amidine groups is 1. The standard InChI is InChI=1S/C23H20F3N9O/c1-13-9-14(21-27-11-15-10-16(23(24,25)26)4-5-17(15)29-21)3-6-18(13)34(2)22(36)19-7-8-28-35(19)12-20-30-32-33-31-20/h3-11,32-33H,12H2,1-2H3,(H,30,31). The number of rotatable bonds is 5. The molecule has 184 valence electrons. The number of nitrogens with zero attached hydrogens (tertiary/aromatic N) is 6. The molecule has 0 saturated carbocycles. The van der Waals surface area contributed by atoms with Crippen LogP contribution >= 0.6 is 0 Å². The van der Waals surface area contributed by atoms with Crippen LogP contribution in [-0.2, 0) is 12.7 Å². The van der Waals surface area contributed by atoms with E-state index in [-0.39, 0.29) is 12.5 Å². The third-order valence-electron chi connectivity index (χ3n) is 5.72. The molecule has 10 nitrogen and oxygen atoms in total. The van der Waals surface area contributed by atoms with Gasteiger partial charge >= 0.3 is 6.18 Å². The number of amides is 1.